The number of hydrogen-bond acceptors (Lipinski definition) is 3. The number of rotatable bonds is 7. The van der Waals surface area contributed by atoms with Crippen LogP contribution in [0.2, 0.25) is 0 Å². The minimum absolute atomic E-state index is 0.313. The predicted octanol–water partition coefficient (Wildman–Crippen LogP) is 1.85. The zero-order valence-corrected chi connectivity index (χ0v) is 12.1. The van der Waals surface area contributed by atoms with Crippen LogP contribution >= 0.6 is 15.9 Å². The molecule has 0 saturated heterocycles. The molecule has 1 unspecified atom stereocenters. The summed E-state index contributed by atoms with van der Waals surface area (Å²) in [4.78, 5) is 2.13. The van der Waals surface area contributed by atoms with Gasteiger partial charge in [-0.2, -0.15) is 0 Å². The molecule has 3 nitrogen and oxygen atoms in total. The maximum atomic E-state index is 9.77. The molecule has 1 rings (SSSR count). The predicted molar refractivity (Wildman–Crippen MR) is 75.0 cm³/mol. The first-order valence-electron chi connectivity index (χ1n) is 5.93. The fraction of sp³-hybridized carbons (Fsp3) is 0.538. The van der Waals surface area contributed by atoms with Gasteiger partial charge in [-0.25, -0.2) is 0 Å². The molecule has 0 aromatic heterocycles. The second-order valence-electron chi connectivity index (χ2n) is 4.29. The molecule has 0 amide bonds. The van der Waals surface area contributed by atoms with Crippen molar-refractivity contribution in [3.05, 3.63) is 34.3 Å². The molecular formula is C13H21BrN2O. The first-order valence-corrected chi connectivity index (χ1v) is 6.73. The number of aliphatic hydroxyl groups is 1. The van der Waals surface area contributed by atoms with Gasteiger partial charge in [0.1, 0.15) is 0 Å². The van der Waals surface area contributed by atoms with Crippen LogP contribution in [0.15, 0.2) is 28.7 Å². The molecule has 0 heterocycles. The van der Waals surface area contributed by atoms with Gasteiger partial charge in [0.05, 0.1) is 6.10 Å². The van der Waals surface area contributed by atoms with Gasteiger partial charge in [0.2, 0.25) is 0 Å². The van der Waals surface area contributed by atoms with E-state index in [2.05, 4.69) is 38.3 Å². The maximum absolute atomic E-state index is 9.77. The van der Waals surface area contributed by atoms with E-state index >= 15 is 0 Å². The summed E-state index contributed by atoms with van der Waals surface area (Å²) in [5.41, 5.74) is 1.25. The van der Waals surface area contributed by atoms with Crippen LogP contribution < -0.4 is 5.32 Å². The van der Waals surface area contributed by atoms with Gasteiger partial charge in [0.25, 0.3) is 0 Å². The Labute approximate surface area is 112 Å². The lowest BCUT2D eigenvalue weighted by Crippen LogP contribution is -2.36. The molecule has 0 spiro atoms. The molecular weight excluding hydrogens is 280 g/mol. The molecule has 0 aliphatic carbocycles. The zero-order valence-electron chi connectivity index (χ0n) is 10.5. The fourth-order valence-electron chi connectivity index (χ4n) is 1.75. The van der Waals surface area contributed by atoms with Crippen molar-refractivity contribution < 1.29 is 5.11 Å². The van der Waals surface area contributed by atoms with Crippen molar-refractivity contribution in [3.63, 3.8) is 0 Å². The number of nitrogens with one attached hydrogen (secondary N) is 1. The van der Waals surface area contributed by atoms with E-state index in [9.17, 15) is 5.11 Å². The van der Waals surface area contributed by atoms with E-state index in [0.717, 1.165) is 17.6 Å². The van der Waals surface area contributed by atoms with Crippen molar-refractivity contribution in [1.82, 2.24) is 10.2 Å². The lowest BCUT2D eigenvalue weighted by molar-refractivity contribution is 0.122. The highest BCUT2D eigenvalue weighted by atomic mass is 79.9. The lowest BCUT2D eigenvalue weighted by Gasteiger charge is -2.20. The Morgan fingerprint density at radius 3 is 2.88 bits per heavy atom. The molecule has 0 aliphatic rings. The maximum Gasteiger partial charge on any atom is 0.0791 e. The van der Waals surface area contributed by atoms with Crippen molar-refractivity contribution in [2.45, 2.75) is 19.6 Å². The third-order valence-corrected chi connectivity index (χ3v) is 2.99. The quantitative estimate of drug-likeness (QED) is 0.807. The summed E-state index contributed by atoms with van der Waals surface area (Å²) >= 11 is 3.46. The minimum atomic E-state index is -0.313. The van der Waals surface area contributed by atoms with E-state index in [1.807, 2.05) is 26.1 Å². The summed E-state index contributed by atoms with van der Waals surface area (Å²) in [6.07, 6.45) is -0.313. The van der Waals surface area contributed by atoms with Crippen molar-refractivity contribution in [1.29, 1.82) is 0 Å². The fourth-order valence-corrected chi connectivity index (χ4v) is 2.19. The molecule has 1 aromatic carbocycles. The van der Waals surface area contributed by atoms with E-state index in [0.29, 0.717) is 13.1 Å². The van der Waals surface area contributed by atoms with Gasteiger partial charge < -0.3 is 10.4 Å². The van der Waals surface area contributed by atoms with Crippen molar-refractivity contribution in [2.75, 3.05) is 26.7 Å². The van der Waals surface area contributed by atoms with Crippen LogP contribution in [0.1, 0.15) is 12.5 Å². The summed E-state index contributed by atoms with van der Waals surface area (Å²) in [6.45, 7) is 5.12. The van der Waals surface area contributed by atoms with Crippen molar-refractivity contribution >= 4 is 15.9 Å². The average Bonchev–Trinajstić information content (AvgIpc) is 2.26. The standard InChI is InChI=1S/C13H21BrN2O/c1-3-15-8-13(17)10-16(2)9-11-5-4-6-12(14)7-11/h4-7,13,15,17H,3,8-10H2,1-2H3. The van der Waals surface area contributed by atoms with Crippen LogP contribution in [0.4, 0.5) is 0 Å². The van der Waals surface area contributed by atoms with Crippen molar-refractivity contribution in [3.8, 4) is 0 Å². The smallest absolute Gasteiger partial charge is 0.0791 e. The van der Waals surface area contributed by atoms with Crippen LogP contribution in [-0.2, 0) is 6.54 Å². The topological polar surface area (TPSA) is 35.5 Å². The normalized spacial score (nSPS) is 13.0. The van der Waals surface area contributed by atoms with Crippen LogP contribution in [0.5, 0.6) is 0 Å². The molecule has 0 aliphatic heterocycles. The second-order valence-corrected chi connectivity index (χ2v) is 5.20. The Bertz CT molecular complexity index is 333. The molecule has 1 atom stereocenters. The molecule has 0 saturated carbocycles. The van der Waals surface area contributed by atoms with E-state index in [1.165, 1.54) is 5.56 Å². The molecule has 96 valence electrons. The van der Waals surface area contributed by atoms with E-state index in [1.54, 1.807) is 0 Å². The van der Waals surface area contributed by atoms with Gasteiger partial charge in [0, 0.05) is 24.1 Å². The Kier molecular flexibility index (Phi) is 6.73. The van der Waals surface area contributed by atoms with Gasteiger partial charge in [0.15, 0.2) is 0 Å². The number of halogens is 1. The highest BCUT2D eigenvalue weighted by Gasteiger charge is 2.08. The summed E-state index contributed by atoms with van der Waals surface area (Å²) < 4.78 is 1.09. The van der Waals surface area contributed by atoms with E-state index < -0.39 is 0 Å². The number of hydrogen-bond donors (Lipinski definition) is 2. The molecule has 0 radical (unpaired) electrons. The molecule has 4 heteroatoms. The first kappa shape index (κ1) is 14.6. The Morgan fingerprint density at radius 2 is 2.24 bits per heavy atom. The van der Waals surface area contributed by atoms with Crippen LogP contribution in [-0.4, -0.2) is 42.8 Å². The van der Waals surface area contributed by atoms with Gasteiger partial charge in [-0.1, -0.05) is 35.0 Å². The number of nitrogens with zero attached hydrogens (tertiary/aromatic N) is 1. The lowest BCUT2D eigenvalue weighted by atomic mass is 10.2. The zero-order chi connectivity index (χ0) is 12.7. The summed E-state index contributed by atoms with van der Waals surface area (Å²) in [5.74, 6) is 0. The highest BCUT2D eigenvalue weighted by Crippen LogP contribution is 2.12. The molecule has 0 fully saturated rings. The van der Waals surface area contributed by atoms with Crippen LogP contribution in [0.25, 0.3) is 0 Å². The highest BCUT2D eigenvalue weighted by molar-refractivity contribution is 9.10. The third-order valence-electron chi connectivity index (χ3n) is 2.49. The number of aliphatic hydroxyl groups excluding tert-OH is 1. The second kappa shape index (κ2) is 7.82. The Morgan fingerprint density at radius 1 is 1.47 bits per heavy atom. The molecule has 0 bridgehead atoms. The number of likely N-dealkylation sites (N-methyl/N-ethyl adjacent to an activating group) is 2. The van der Waals surface area contributed by atoms with Gasteiger partial charge in [-0.15, -0.1) is 0 Å². The van der Waals surface area contributed by atoms with Crippen molar-refractivity contribution in [2.24, 2.45) is 0 Å². The van der Waals surface area contributed by atoms with Gasteiger partial charge >= 0.3 is 0 Å². The van der Waals surface area contributed by atoms with E-state index in [4.69, 9.17) is 0 Å². The Hall–Kier alpha value is -0.420. The summed E-state index contributed by atoms with van der Waals surface area (Å²) in [7, 11) is 2.02. The van der Waals surface area contributed by atoms with Gasteiger partial charge in [-0.05, 0) is 31.3 Å². The van der Waals surface area contributed by atoms with Crippen LogP contribution in [0.3, 0.4) is 0 Å². The van der Waals surface area contributed by atoms with Crippen LogP contribution in [0, 0.1) is 0 Å². The monoisotopic (exact) mass is 300 g/mol. The van der Waals surface area contributed by atoms with E-state index in [-0.39, 0.29) is 6.10 Å². The Balaban J connectivity index is 2.36. The largest absolute Gasteiger partial charge is 0.390 e. The SMILES string of the molecule is CCNCC(O)CN(C)Cc1cccc(Br)c1. The minimum Gasteiger partial charge on any atom is -0.390 e. The molecule has 2 N–H and O–H groups in total. The average molecular weight is 301 g/mol. The molecule has 17 heavy (non-hydrogen) atoms. The third kappa shape index (κ3) is 6.17. The summed E-state index contributed by atoms with van der Waals surface area (Å²) in [6, 6.07) is 8.25. The summed E-state index contributed by atoms with van der Waals surface area (Å²) in [5, 5.41) is 12.9. The number of benzene rings is 1. The molecule has 1 aromatic rings. The van der Waals surface area contributed by atoms with Gasteiger partial charge in [-0.3, -0.25) is 4.90 Å². The first-order chi connectivity index (χ1) is 8.11.